The smallest absolute Gasteiger partial charge is 0.119 e. The molecule has 0 saturated carbocycles. The van der Waals surface area contributed by atoms with Gasteiger partial charge in [-0.25, -0.2) is 0 Å². The van der Waals surface area contributed by atoms with E-state index in [0.717, 1.165) is 35.0 Å². The second kappa shape index (κ2) is 14.5. The van der Waals surface area contributed by atoms with Crippen LogP contribution in [0.15, 0.2) is 48.5 Å². The number of ether oxygens (including phenoxy) is 2. The first kappa shape index (κ1) is 25.7. The lowest BCUT2D eigenvalue weighted by Gasteiger charge is -2.29. The summed E-state index contributed by atoms with van der Waals surface area (Å²) in [4.78, 5) is 0. The van der Waals surface area contributed by atoms with Gasteiger partial charge in [-0.3, -0.25) is 0 Å². The SMILES string of the molecule is CCCCCCCCc1ccc(OCCOCC[N+](C)(C)Cc2ccc(Cl)cc2)cc1. The molecule has 2 aromatic carbocycles. The maximum atomic E-state index is 5.97. The molecule has 0 aromatic heterocycles. The van der Waals surface area contributed by atoms with Gasteiger partial charge >= 0.3 is 0 Å². The molecule has 0 saturated heterocycles. The Bertz CT molecular complexity index is 713. The van der Waals surface area contributed by atoms with Gasteiger partial charge in [-0.05, 0) is 42.7 Å². The minimum atomic E-state index is 0.585. The second-order valence-corrected chi connectivity index (χ2v) is 9.50. The van der Waals surface area contributed by atoms with E-state index in [4.69, 9.17) is 21.1 Å². The van der Waals surface area contributed by atoms with Crippen LogP contribution in [-0.2, 0) is 17.7 Å². The molecule has 0 bridgehead atoms. The Hall–Kier alpha value is -1.55. The predicted molar refractivity (Wildman–Crippen MR) is 132 cm³/mol. The van der Waals surface area contributed by atoms with Gasteiger partial charge in [-0.15, -0.1) is 0 Å². The van der Waals surface area contributed by atoms with Crippen molar-refractivity contribution in [1.82, 2.24) is 0 Å². The van der Waals surface area contributed by atoms with Crippen molar-refractivity contribution in [2.45, 2.75) is 58.4 Å². The van der Waals surface area contributed by atoms with Crippen LogP contribution in [0.3, 0.4) is 0 Å². The number of hydrogen-bond donors (Lipinski definition) is 0. The van der Waals surface area contributed by atoms with Crippen LogP contribution in [0.4, 0.5) is 0 Å². The van der Waals surface area contributed by atoms with E-state index in [1.54, 1.807) is 0 Å². The summed E-state index contributed by atoms with van der Waals surface area (Å²) in [6.45, 7) is 6.10. The van der Waals surface area contributed by atoms with Crippen LogP contribution in [0.1, 0.15) is 56.6 Å². The van der Waals surface area contributed by atoms with Gasteiger partial charge in [0.2, 0.25) is 0 Å². The fraction of sp³-hybridized carbons (Fsp3) is 0.556. The quantitative estimate of drug-likeness (QED) is 0.206. The molecule has 0 fully saturated rings. The molecule has 0 aliphatic heterocycles. The molecule has 0 unspecified atom stereocenters. The highest BCUT2D eigenvalue weighted by atomic mass is 35.5. The van der Waals surface area contributed by atoms with Crippen molar-refractivity contribution in [2.24, 2.45) is 0 Å². The molecule has 0 aliphatic carbocycles. The molecule has 0 N–H and O–H groups in total. The third-order valence-electron chi connectivity index (χ3n) is 5.60. The minimum Gasteiger partial charge on any atom is -0.491 e. The standard InChI is InChI=1S/C27H41ClNO2/c1-4-5-6-7-8-9-10-24-13-17-27(18-14-24)31-22-21-30-20-19-29(2,3)23-25-11-15-26(28)16-12-25/h11-18H,4-10,19-23H2,1-3H3/q+1. The first-order chi connectivity index (χ1) is 15.0. The van der Waals surface area contributed by atoms with Gasteiger partial charge in [-0.2, -0.15) is 0 Å². The van der Waals surface area contributed by atoms with Gasteiger partial charge in [0.15, 0.2) is 0 Å². The number of rotatable bonds is 16. The Morgan fingerprint density at radius 3 is 2.10 bits per heavy atom. The number of likely N-dealkylation sites (N-methyl/N-ethyl adjacent to an activating group) is 1. The van der Waals surface area contributed by atoms with Gasteiger partial charge < -0.3 is 14.0 Å². The highest BCUT2D eigenvalue weighted by Crippen LogP contribution is 2.16. The summed E-state index contributed by atoms with van der Waals surface area (Å²) < 4.78 is 12.5. The average Bonchev–Trinajstić information content (AvgIpc) is 2.75. The summed E-state index contributed by atoms with van der Waals surface area (Å²) >= 11 is 5.97. The molecule has 31 heavy (non-hydrogen) atoms. The van der Waals surface area contributed by atoms with E-state index in [1.807, 2.05) is 12.1 Å². The van der Waals surface area contributed by atoms with Crippen LogP contribution >= 0.6 is 11.6 Å². The van der Waals surface area contributed by atoms with E-state index in [1.165, 1.54) is 56.1 Å². The molecular weight excluding hydrogens is 406 g/mol. The van der Waals surface area contributed by atoms with Crippen molar-refractivity contribution in [2.75, 3.05) is 40.5 Å². The maximum Gasteiger partial charge on any atom is 0.119 e. The number of halogens is 1. The summed E-state index contributed by atoms with van der Waals surface area (Å²) in [5.41, 5.74) is 2.69. The molecule has 0 aliphatic rings. The Kier molecular flexibility index (Phi) is 12.0. The van der Waals surface area contributed by atoms with Gasteiger partial charge in [0.1, 0.15) is 25.4 Å². The van der Waals surface area contributed by atoms with Gasteiger partial charge in [0.05, 0.1) is 27.3 Å². The van der Waals surface area contributed by atoms with E-state index >= 15 is 0 Å². The van der Waals surface area contributed by atoms with Crippen LogP contribution in [0.5, 0.6) is 5.75 Å². The van der Waals surface area contributed by atoms with Crippen molar-refractivity contribution in [1.29, 1.82) is 0 Å². The zero-order chi connectivity index (χ0) is 22.4. The summed E-state index contributed by atoms with van der Waals surface area (Å²) in [5.74, 6) is 0.925. The fourth-order valence-corrected chi connectivity index (χ4v) is 3.78. The number of unbranched alkanes of at least 4 members (excludes halogenated alkanes) is 5. The lowest BCUT2D eigenvalue weighted by Crippen LogP contribution is -2.41. The van der Waals surface area contributed by atoms with Crippen LogP contribution in [-0.4, -0.2) is 44.9 Å². The number of aryl methyl sites for hydroxylation is 1. The Balaban J connectivity index is 1.54. The van der Waals surface area contributed by atoms with E-state index in [9.17, 15) is 0 Å². The highest BCUT2D eigenvalue weighted by Gasteiger charge is 2.15. The first-order valence-corrected chi connectivity index (χ1v) is 12.2. The molecule has 0 atom stereocenters. The highest BCUT2D eigenvalue weighted by molar-refractivity contribution is 6.30. The molecule has 3 nitrogen and oxygen atoms in total. The van der Waals surface area contributed by atoms with Gasteiger partial charge in [-0.1, -0.05) is 74.9 Å². The van der Waals surface area contributed by atoms with Crippen molar-refractivity contribution in [3.63, 3.8) is 0 Å². The van der Waals surface area contributed by atoms with Crippen molar-refractivity contribution in [3.05, 3.63) is 64.7 Å². The van der Waals surface area contributed by atoms with E-state index in [0.29, 0.717) is 13.2 Å². The van der Waals surface area contributed by atoms with Crippen LogP contribution in [0.25, 0.3) is 0 Å². The third-order valence-corrected chi connectivity index (χ3v) is 5.86. The Morgan fingerprint density at radius 1 is 0.742 bits per heavy atom. The van der Waals surface area contributed by atoms with E-state index in [-0.39, 0.29) is 0 Å². The summed E-state index contributed by atoms with van der Waals surface area (Å²) in [6, 6.07) is 16.6. The molecule has 0 heterocycles. The molecule has 2 rings (SSSR count). The molecule has 2 aromatic rings. The predicted octanol–water partition coefficient (Wildman–Crippen LogP) is 6.92. The Morgan fingerprint density at radius 2 is 1.39 bits per heavy atom. The molecular formula is C27H41ClNO2+. The van der Waals surface area contributed by atoms with Crippen molar-refractivity contribution in [3.8, 4) is 5.75 Å². The maximum absolute atomic E-state index is 5.97. The number of nitrogens with zero attached hydrogens (tertiary/aromatic N) is 1. The number of hydrogen-bond acceptors (Lipinski definition) is 2. The number of quaternary nitrogens is 1. The van der Waals surface area contributed by atoms with Crippen LogP contribution < -0.4 is 4.74 Å². The van der Waals surface area contributed by atoms with E-state index < -0.39 is 0 Å². The Labute approximate surface area is 194 Å². The summed E-state index contributed by atoms with van der Waals surface area (Å²) in [7, 11) is 4.45. The molecule has 0 spiro atoms. The monoisotopic (exact) mass is 446 g/mol. The van der Waals surface area contributed by atoms with Crippen molar-refractivity contribution >= 4 is 11.6 Å². The van der Waals surface area contributed by atoms with Crippen LogP contribution in [0, 0.1) is 0 Å². The zero-order valence-corrected chi connectivity index (χ0v) is 20.5. The van der Waals surface area contributed by atoms with Crippen molar-refractivity contribution < 1.29 is 14.0 Å². The summed E-state index contributed by atoms with van der Waals surface area (Å²) in [5, 5.41) is 0.782. The lowest BCUT2D eigenvalue weighted by atomic mass is 10.0. The fourth-order valence-electron chi connectivity index (χ4n) is 3.66. The molecule has 0 amide bonds. The summed E-state index contributed by atoms with van der Waals surface area (Å²) in [6.07, 6.45) is 9.22. The molecule has 172 valence electrons. The number of benzene rings is 2. The largest absolute Gasteiger partial charge is 0.491 e. The molecule has 0 radical (unpaired) electrons. The van der Waals surface area contributed by atoms with Crippen LogP contribution in [0.2, 0.25) is 5.02 Å². The third kappa shape index (κ3) is 11.6. The first-order valence-electron chi connectivity index (χ1n) is 11.8. The minimum absolute atomic E-state index is 0.585. The van der Waals surface area contributed by atoms with Gasteiger partial charge in [0.25, 0.3) is 0 Å². The van der Waals surface area contributed by atoms with E-state index in [2.05, 4.69) is 57.4 Å². The van der Waals surface area contributed by atoms with Gasteiger partial charge in [0, 0.05) is 10.6 Å². The normalized spacial score (nSPS) is 11.6. The average molecular weight is 447 g/mol. The topological polar surface area (TPSA) is 18.5 Å². The molecule has 4 heteroatoms. The second-order valence-electron chi connectivity index (χ2n) is 9.07. The lowest BCUT2D eigenvalue weighted by molar-refractivity contribution is -0.904. The zero-order valence-electron chi connectivity index (χ0n) is 19.7.